The van der Waals surface area contributed by atoms with Crippen molar-refractivity contribution in [1.82, 2.24) is 0 Å². The van der Waals surface area contributed by atoms with Crippen LogP contribution in [0.1, 0.15) is 32.3 Å². The lowest BCUT2D eigenvalue weighted by molar-refractivity contribution is 0.0784. The Morgan fingerprint density at radius 2 is 1.25 bits per heavy atom. The molecule has 4 aromatic rings. The maximum Gasteiger partial charge on any atom is 0.205 e. The first-order valence-corrected chi connectivity index (χ1v) is 12.0. The van der Waals surface area contributed by atoms with Crippen molar-refractivity contribution in [1.29, 1.82) is 0 Å². The lowest BCUT2D eigenvalue weighted by atomic mass is 9.94. The summed E-state index contributed by atoms with van der Waals surface area (Å²) < 4.78 is 6.28. The second-order valence-electron chi connectivity index (χ2n) is 9.08. The highest BCUT2D eigenvalue weighted by Gasteiger charge is 2.43. The van der Waals surface area contributed by atoms with Gasteiger partial charge in [-0.1, -0.05) is 78.9 Å². The number of hydrogen-bond acceptors (Lipinski definition) is 5. The number of Topliss-reactive ketones (excluding diaryl/α,β-unsaturated/α-hetero) is 2. The van der Waals surface area contributed by atoms with Crippen LogP contribution in [-0.4, -0.2) is 38.3 Å². The third kappa shape index (κ3) is 4.60. The van der Waals surface area contributed by atoms with Crippen molar-refractivity contribution in [2.24, 2.45) is 0 Å². The highest BCUT2D eigenvalue weighted by atomic mass is 16.5. The number of ether oxygens (including phenoxy) is 1. The number of fused-ring (bicyclic) bond motifs is 1. The Bertz CT molecular complexity index is 1350. The van der Waals surface area contributed by atoms with E-state index >= 15 is 0 Å². The zero-order valence-corrected chi connectivity index (χ0v) is 20.4. The molecule has 2 atom stereocenters. The van der Waals surface area contributed by atoms with E-state index in [0.29, 0.717) is 16.9 Å². The van der Waals surface area contributed by atoms with E-state index in [4.69, 9.17) is 4.74 Å². The summed E-state index contributed by atoms with van der Waals surface area (Å²) in [6.07, 6.45) is -0.790. The van der Waals surface area contributed by atoms with Gasteiger partial charge >= 0.3 is 0 Å². The summed E-state index contributed by atoms with van der Waals surface area (Å²) in [5.74, 6) is 0.528. The van der Waals surface area contributed by atoms with E-state index < -0.39 is 12.1 Å². The molecule has 180 valence electrons. The molecule has 0 aliphatic carbocycles. The van der Waals surface area contributed by atoms with Gasteiger partial charge in [-0.2, -0.15) is 0 Å². The topological polar surface area (TPSA) is 49.9 Å². The molecule has 0 bridgehead atoms. The second kappa shape index (κ2) is 10.1. The summed E-state index contributed by atoms with van der Waals surface area (Å²) in [6.45, 7) is 0.103. The number of hydrogen-bond donors (Lipinski definition) is 0. The maximum absolute atomic E-state index is 13.7. The van der Waals surface area contributed by atoms with Crippen molar-refractivity contribution >= 4 is 22.9 Å². The molecule has 5 nitrogen and oxygen atoms in total. The highest BCUT2D eigenvalue weighted by Crippen LogP contribution is 2.43. The molecular formula is C31H28N2O3. The number of ketones is 2. The van der Waals surface area contributed by atoms with Crippen LogP contribution in [0.4, 0.5) is 11.4 Å². The third-order valence-corrected chi connectivity index (χ3v) is 6.54. The van der Waals surface area contributed by atoms with Gasteiger partial charge < -0.3 is 14.5 Å². The van der Waals surface area contributed by atoms with Crippen LogP contribution in [0, 0.1) is 0 Å². The van der Waals surface area contributed by atoms with Crippen molar-refractivity contribution < 1.29 is 14.3 Å². The molecule has 0 N–H and O–H groups in total. The Kier molecular flexibility index (Phi) is 6.54. The van der Waals surface area contributed by atoms with Gasteiger partial charge in [-0.05, 0) is 30.3 Å². The number of nitrogens with zero attached hydrogens (tertiary/aromatic N) is 2. The molecule has 0 amide bonds. The molecule has 0 fully saturated rings. The van der Waals surface area contributed by atoms with Crippen LogP contribution in [0.25, 0.3) is 0 Å². The summed E-state index contributed by atoms with van der Waals surface area (Å²) >= 11 is 0. The minimum absolute atomic E-state index is 0.0254. The van der Waals surface area contributed by atoms with E-state index in [1.54, 1.807) is 12.1 Å². The van der Waals surface area contributed by atoms with E-state index in [9.17, 15) is 9.59 Å². The fraction of sp³-hybridized carbons (Fsp3) is 0.161. The smallest absolute Gasteiger partial charge is 0.205 e. The van der Waals surface area contributed by atoms with Crippen molar-refractivity contribution in [2.75, 3.05) is 30.4 Å². The first-order valence-electron chi connectivity index (χ1n) is 12.0. The van der Waals surface area contributed by atoms with Crippen LogP contribution < -0.4 is 14.5 Å². The molecule has 1 heterocycles. The number of carbonyl (C=O) groups is 2. The van der Waals surface area contributed by atoms with Crippen molar-refractivity contribution in [3.8, 4) is 5.75 Å². The van der Waals surface area contributed by atoms with Gasteiger partial charge in [-0.3, -0.25) is 9.59 Å². The Morgan fingerprint density at radius 3 is 1.89 bits per heavy atom. The van der Waals surface area contributed by atoms with E-state index in [-0.39, 0.29) is 18.1 Å². The predicted molar refractivity (Wildman–Crippen MR) is 143 cm³/mol. The fourth-order valence-electron chi connectivity index (χ4n) is 4.65. The molecule has 36 heavy (non-hydrogen) atoms. The summed E-state index contributed by atoms with van der Waals surface area (Å²) in [6, 6.07) is 33.7. The standard InChI is InChI=1S/C31H28N2O3/c1-32(2)24-17-19-25(20-18-24)33(21-27(34)22-11-5-3-6-12-22)29-26-15-9-10-16-28(26)36-31(29)30(35)23-13-7-4-8-14-23/h3-20,29,31H,21H2,1-2H3. The van der Waals surface area contributed by atoms with Crippen molar-refractivity contribution in [3.05, 3.63) is 126 Å². The van der Waals surface area contributed by atoms with Crippen LogP contribution in [0.3, 0.4) is 0 Å². The van der Waals surface area contributed by atoms with Crippen LogP contribution in [-0.2, 0) is 0 Å². The molecule has 0 radical (unpaired) electrons. The zero-order valence-electron chi connectivity index (χ0n) is 20.4. The molecule has 1 aliphatic rings. The normalized spacial score (nSPS) is 16.1. The summed E-state index contributed by atoms with van der Waals surface area (Å²) in [4.78, 5) is 31.2. The van der Waals surface area contributed by atoms with Crippen LogP contribution in [0.15, 0.2) is 109 Å². The van der Waals surface area contributed by atoms with Crippen LogP contribution >= 0.6 is 0 Å². The Hall–Kier alpha value is -4.38. The average molecular weight is 477 g/mol. The highest BCUT2D eigenvalue weighted by molar-refractivity contribution is 6.02. The van der Waals surface area contributed by atoms with Crippen LogP contribution in [0.2, 0.25) is 0 Å². The molecule has 5 rings (SSSR count). The molecule has 0 saturated heterocycles. The third-order valence-electron chi connectivity index (χ3n) is 6.54. The molecule has 1 aliphatic heterocycles. The summed E-state index contributed by atoms with van der Waals surface area (Å²) in [7, 11) is 3.97. The number of rotatable bonds is 8. The van der Waals surface area contributed by atoms with Crippen molar-refractivity contribution in [2.45, 2.75) is 12.1 Å². The van der Waals surface area contributed by atoms with Crippen LogP contribution in [0.5, 0.6) is 5.75 Å². The molecule has 0 aromatic heterocycles. The first kappa shape index (κ1) is 23.4. The van der Waals surface area contributed by atoms with Gasteiger partial charge in [0.05, 0.1) is 6.54 Å². The van der Waals surface area contributed by atoms with E-state index in [1.165, 1.54) is 0 Å². The number of benzene rings is 4. The number of carbonyl (C=O) groups excluding carboxylic acids is 2. The fourth-order valence-corrected chi connectivity index (χ4v) is 4.65. The Labute approximate surface area is 211 Å². The molecular weight excluding hydrogens is 448 g/mol. The monoisotopic (exact) mass is 476 g/mol. The van der Waals surface area contributed by atoms with E-state index in [2.05, 4.69) is 0 Å². The van der Waals surface area contributed by atoms with Gasteiger partial charge in [0.2, 0.25) is 5.78 Å². The maximum atomic E-state index is 13.7. The minimum Gasteiger partial charge on any atom is -0.479 e. The number of para-hydroxylation sites is 1. The molecule has 4 aromatic carbocycles. The number of anilines is 2. The summed E-state index contributed by atoms with van der Waals surface area (Å²) in [5, 5.41) is 0. The first-order chi connectivity index (χ1) is 17.5. The lowest BCUT2D eigenvalue weighted by Gasteiger charge is -2.33. The van der Waals surface area contributed by atoms with Gasteiger partial charge in [0.1, 0.15) is 11.8 Å². The quantitative estimate of drug-likeness (QED) is 0.300. The van der Waals surface area contributed by atoms with Crippen molar-refractivity contribution in [3.63, 3.8) is 0 Å². The van der Waals surface area contributed by atoms with Gasteiger partial charge in [-0.25, -0.2) is 0 Å². The average Bonchev–Trinajstić information content (AvgIpc) is 3.31. The summed E-state index contributed by atoms with van der Waals surface area (Å²) in [5.41, 5.74) is 4.00. The van der Waals surface area contributed by atoms with Gasteiger partial charge in [0, 0.05) is 42.2 Å². The van der Waals surface area contributed by atoms with Gasteiger partial charge in [0.25, 0.3) is 0 Å². The molecule has 0 spiro atoms. The zero-order chi connectivity index (χ0) is 25.1. The SMILES string of the molecule is CN(C)c1ccc(N(CC(=O)c2ccccc2)C2c3ccccc3OC2C(=O)c2ccccc2)cc1. The second-order valence-corrected chi connectivity index (χ2v) is 9.08. The predicted octanol–water partition coefficient (Wildman–Crippen LogP) is 5.83. The van der Waals surface area contributed by atoms with Gasteiger partial charge in [-0.15, -0.1) is 0 Å². The van der Waals surface area contributed by atoms with Gasteiger partial charge in [0.15, 0.2) is 11.9 Å². The molecule has 5 heteroatoms. The minimum atomic E-state index is -0.790. The Morgan fingerprint density at radius 1 is 0.694 bits per heavy atom. The Balaban J connectivity index is 1.59. The largest absolute Gasteiger partial charge is 0.479 e. The lowest BCUT2D eigenvalue weighted by Crippen LogP contribution is -2.42. The molecule has 2 unspecified atom stereocenters. The van der Waals surface area contributed by atoms with E-state index in [0.717, 1.165) is 16.9 Å². The van der Waals surface area contributed by atoms with E-state index in [1.807, 2.05) is 121 Å². The molecule has 0 saturated carbocycles.